The van der Waals surface area contributed by atoms with E-state index in [0.717, 1.165) is 18.1 Å². The minimum absolute atomic E-state index is 0.782. The molecule has 0 radical (unpaired) electrons. The Hall–Kier alpha value is -0.0800. The van der Waals surface area contributed by atoms with Crippen molar-refractivity contribution < 1.29 is 0 Å². The van der Waals surface area contributed by atoms with Gasteiger partial charge in [0.25, 0.3) is 0 Å². The molecule has 1 saturated carbocycles. The van der Waals surface area contributed by atoms with Crippen LogP contribution in [0.5, 0.6) is 0 Å². The van der Waals surface area contributed by atoms with Gasteiger partial charge in [-0.15, -0.1) is 0 Å². The summed E-state index contributed by atoms with van der Waals surface area (Å²) in [5.74, 6) is 0. The number of hydrogen-bond donors (Lipinski definition) is 1. The average molecular weight is 238 g/mol. The second-order valence-electron chi connectivity index (χ2n) is 6.12. The van der Waals surface area contributed by atoms with Gasteiger partial charge in [-0.3, -0.25) is 4.90 Å². The molecule has 100 valence electrons. The van der Waals surface area contributed by atoms with Gasteiger partial charge in [-0.25, -0.2) is 0 Å². The molecule has 0 aromatic heterocycles. The minimum atomic E-state index is 0.782. The number of rotatable bonds is 7. The third kappa shape index (κ3) is 4.59. The van der Waals surface area contributed by atoms with Crippen LogP contribution in [-0.2, 0) is 0 Å². The predicted octanol–water partition coefficient (Wildman–Crippen LogP) is 3.17. The van der Waals surface area contributed by atoms with E-state index in [-0.39, 0.29) is 0 Å². The Morgan fingerprint density at radius 3 is 2.71 bits per heavy atom. The predicted molar refractivity (Wildman–Crippen MR) is 74.4 cm³/mol. The first-order valence-corrected chi connectivity index (χ1v) is 7.79. The summed E-state index contributed by atoms with van der Waals surface area (Å²) in [4.78, 5) is 2.72. The molecule has 0 aromatic rings. The lowest BCUT2D eigenvalue weighted by Gasteiger charge is -2.37. The monoisotopic (exact) mass is 238 g/mol. The summed E-state index contributed by atoms with van der Waals surface area (Å²) in [7, 11) is 0. The summed E-state index contributed by atoms with van der Waals surface area (Å²) >= 11 is 0. The first kappa shape index (κ1) is 13.4. The number of likely N-dealkylation sites (tertiary alicyclic amines) is 1. The number of hydrogen-bond acceptors (Lipinski definition) is 2. The molecule has 2 heteroatoms. The standard InChI is InChI=1S/C15H30N2/c1-3-4-5-7-13(2)17-11-6-8-15(12-17)16-14-9-10-14/h13-16H,3-12H2,1-2H3. The quantitative estimate of drug-likeness (QED) is 0.685. The maximum Gasteiger partial charge on any atom is 0.0198 e. The van der Waals surface area contributed by atoms with Crippen molar-refractivity contribution in [2.75, 3.05) is 13.1 Å². The van der Waals surface area contributed by atoms with Crippen molar-refractivity contribution in [3.05, 3.63) is 0 Å². The highest BCUT2D eigenvalue weighted by Gasteiger charge is 2.28. The van der Waals surface area contributed by atoms with Gasteiger partial charge in [0, 0.05) is 24.7 Å². The van der Waals surface area contributed by atoms with Crippen LogP contribution in [-0.4, -0.2) is 36.1 Å². The molecule has 2 unspecified atom stereocenters. The van der Waals surface area contributed by atoms with Crippen LogP contribution in [0.25, 0.3) is 0 Å². The largest absolute Gasteiger partial charge is 0.310 e. The smallest absolute Gasteiger partial charge is 0.0198 e. The molecule has 1 aliphatic heterocycles. The molecule has 2 nitrogen and oxygen atoms in total. The summed E-state index contributed by atoms with van der Waals surface area (Å²) in [6.07, 6.45) is 11.2. The third-order valence-corrected chi connectivity index (χ3v) is 4.35. The summed E-state index contributed by atoms with van der Waals surface area (Å²) in [5, 5.41) is 3.80. The first-order chi connectivity index (χ1) is 8.29. The topological polar surface area (TPSA) is 15.3 Å². The van der Waals surface area contributed by atoms with Gasteiger partial charge in [0.15, 0.2) is 0 Å². The van der Waals surface area contributed by atoms with Crippen molar-refractivity contribution in [1.29, 1.82) is 0 Å². The van der Waals surface area contributed by atoms with Gasteiger partial charge in [0.1, 0.15) is 0 Å². The third-order valence-electron chi connectivity index (χ3n) is 4.35. The van der Waals surface area contributed by atoms with E-state index in [9.17, 15) is 0 Å². The Balaban J connectivity index is 1.67. The molecular formula is C15H30N2. The Kier molecular flexibility index (Phi) is 5.30. The number of unbranched alkanes of at least 4 members (excludes halogenated alkanes) is 2. The van der Waals surface area contributed by atoms with Crippen LogP contribution in [0.15, 0.2) is 0 Å². The van der Waals surface area contributed by atoms with Gasteiger partial charge in [-0.1, -0.05) is 26.2 Å². The molecule has 0 bridgehead atoms. The van der Waals surface area contributed by atoms with Crippen LogP contribution in [0.4, 0.5) is 0 Å². The summed E-state index contributed by atoms with van der Waals surface area (Å²) < 4.78 is 0. The van der Waals surface area contributed by atoms with Crippen molar-refractivity contribution in [2.45, 2.75) is 83.3 Å². The van der Waals surface area contributed by atoms with Gasteiger partial charge in [-0.05, 0) is 45.6 Å². The van der Waals surface area contributed by atoms with Crippen molar-refractivity contribution in [1.82, 2.24) is 10.2 Å². The fraction of sp³-hybridized carbons (Fsp3) is 1.00. The van der Waals surface area contributed by atoms with Crippen molar-refractivity contribution in [3.8, 4) is 0 Å². The zero-order chi connectivity index (χ0) is 12.1. The van der Waals surface area contributed by atoms with Crippen LogP contribution in [0.1, 0.15) is 65.2 Å². The molecule has 1 aliphatic carbocycles. The van der Waals surface area contributed by atoms with E-state index in [1.165, 1.54) is 64.5 Å². The zero-order valence-electron chi connectivity index (χ0n) is 11.8. The van der Waals surface area contributed by atoms with E-state index in [0.29, 0.717) is 0 Å². The van der Waals surface area contributed by atoms with E-state index in [1.54, 1.807) is 0 Å². The maximum atomic E-state index is 3.80. The van der Waals surface area contributed by atoms with Crippen LogP contribution in [0.2, 0.25) is 0 Å². The van der Waals surface area contributed by atoms with E-state index < -0.39 is 0 Å². The molecule has 0 spiro atoms. The van der Waals surface area contributed by atoms with Gasteiger partial charge >= 0.3 is 0 Å². The molecule has 0 amide bonds. The highest BCUT2D eigenvalue weighted by molar-refractivity contribution is 4.88. The van der Waals surface area contributed by atoms with Crippen molar-refractivity contribution in [2.24, 2.45) is 0 Å². The lowest BCUT2D eigenvalue weighted by Crippen LogP contribution is -2.49. The van der Waals surface area contributed by atoms with E-state index in [1.807, 2.05) is 0 Å². The molecule has 1 heterocycles. The fourth-order valence-corrected chi connectivity index (χ4v) is 3.00. The van der Waals surface area contributed by atoms with Crippen molar-refractivity contribution in [3.63, 3.8) is 0 Å². The lowest BCUT2D eigenvalue weighted by atomic mass is 10.0. The second-order valence-corrected chi connectivity index (χ2v) is 6.12. The van der Waals surface area contributed by atoms with Crippen LogP contribution < -0.4 is 5.32 Å². The molecular weight excluding hydrogens is 208 g/mol. The van der Waals surface area contributed by atoms with Crippen LogP contribution in [0.3, 0.4) is 0 Å². The van der Waals surface area contributed by atoms with Crippen LogP contribution in [0, 0.1) is 0 Å². The Morgan fingerprint density at radius 2 is 2.00 bits per heavy atom. The van der Waals surface area contributed by atoms with Gasteiger partial charge in [0.2, 0.25) is 0 Å². The second kappa shape index (κ2) is 6.75. The van der Waals surface area contributed by atoms with Crippen LogP contribution >= 0.6 is 0 Å². The normalized spacial score (nSPS) is 28.2. The Labute approximate surface area is 107 Å². The van der Waals surface area contributed by atoms with Gasteiger partial charge < -0.3 is 5.32 Å². The molecule has 0 aromatic carbocycles. The number of nitrogens with one attached hydrogen (secondary N) is 1. The van der Waals surface area contributed by atoms with E-state index in [4.69, 9.17) is 0 Å². The first-order valence-electron chi connectivity index (χ1n) is 7.79. The Bertz CT molecular complexity index is 213. The molecule has 2 atom stereocenters. The van der Waals surface area contributed by atoms with E-state index in [2.05, 4.69) is 24.1 Å². The number of nitrogens with zero attached hydrogens (tertiary/aromatic N) is 1. The highest BCUT2D eigenvalue weighted by atomic mass is 15.2. The molecule has 1 N–H and O–H groups in total. The number of piperidine rings is 1. The molecule has 2 fully saturated rings. The minimum Gasteiger partial charge on any atom is -0.310 e. The Morgan fingerprint density at radius 1 is 1.18 bits per heavy atom. The molecule has 2 rings (SSSR count). The molecule has 2 aliphatic rings. The van der Waals surface area contributed by atoms with Gasteiger partial charge in [0.05, 0.1) is 0 Å². The summed E-state index contributed by atoms with van der Waals surface area (Å²) in [5.41, 5.74) is 0. The average Bonchev–Trinajstić information content (AvgIpc) is 3.13. The van der Waals surface area contributed by atoms with E-state index >= 15 is 0 Å². The zero-order valence-corrected chi connectivity index (χ0v) is 11.8. The SMILES string of the molecule is CCCCCC(C)N1CCCC(NC2CC2)C1. The van der Waals surface area contributed by atoms with Gasteiger partial charge in [-0.2, -0.15) is 0 Å². The highest BCUT2D eigenvalue weighted by Crippen LogP contribution is 2.23. The molecule has 17 heavy (non-hydrogen) atoms. The maximum absolute atomic E-state index is 3.80. The summed E-state index contributed by atoms with van der Waals surface area (Å²) in [6, 6.07) is 2.45. The lowest BCUT2D eigenvalue weighted by molar-refractivity contribution is 0.137. The fourth-order valence-electron chi connectivity index (χ4n) is 3.00. The summed E-state index contributed by atoms with van der Waals surface area (Å²) in [6.45, 7) is 7.34. The molecule has 1 saturated heterocycles. The van der Waals surface area contributed by atoms with Crippen molar-refractivity contribution >= 4 is 0 Å².